The summed E-state index contributed by atoms with van der Waals surface area (Å²) >= 11 is 0.912. The minimum atomic E-state index is -0.331. The van der Waals surface area contributed by atoms with E-state index in [-0.39, 0.29) is 16.9 Å². The van der Waals surface area contributed by atoms with Crippen LogP contribution in [0.1, 0.15) is 11.1 Å². The van der Waals surface area contributed by atoms with Gasteiger partial charge in [-0.3, -0.25) is 9.59 Å². The van der Waals surface area contributed by atoms with E-state index in [0.717, 1.165) is 27.8 Å². The van der Waals surface area contributed by atoms with Crippen LogP contribution in [0.2, 0.25) is 0 Å². The first-order valence-corrected chi connectivity index (χ1v) is 8.22. The van der Waals surface area contributed by atoms with Crippen LogP contribution in [0.3, 0.4) is 0 Å². The van der Waals surface area contributed by atoms with Crippen molar-refractivity contribution in [3.63, 3.8) is 0 Å². The Morgan fingerprint density at radius 1 is 1.00 bits per heavy atom. The molecule has 0 aromatic heterocycles. The van der Waals surface area contributed by atoms with E-state index < -0.39 is 0 Å². The van der Waals surface area contributed by atoms with Crippen molar-refractivity contribution in [2.45, 2.75) is 6.42 Å². The second-order valence-corrected chi connectivity index (χ2v) is 6.21. The van der Waals surface area contributed by atoms with Gasteiger partial charge in [0.05, 0.1) is 4.91 Å². The van der Waals surface area contributed by atoms with Crippen molar-refractivity contribution < 1.29 is 14.7 Å². The molecular formula is C19H15NO3S. The van der Waals surface area contributed by atoms with Crippen molar-refractivity contribution >= 4 is 29.0 Å². The second kappa shape index (κ2) is 7.19. The van der Waals surface area contributed by atoms with Gasteiger partial charge >= 0.3 is 0 Å². The molecule has 1 aliphatic rings. The molecule has 0 aliphatic carbocycles. The second-order valence-electron chi connectivity index (χ2n) is 5.22. The maximum atomic E-state index is 12.3. The molecule has 120 valence electrons. The van der Waals surface area contributed by atoms with Gasteiger partial charge in [-0.05, 0) is 47.5 Å². The van der Waals surface area contributed by atoms with Crippen LogP contribution in [0.15, 0.2) is 71.8 Å². The fourth-order valence-electron chi connectivity index (χ4n) is 2.24. The van der Waals surface area contributed by atoms with Crippen LogP contribution in [0.25, 0.3) is 6.08 Å². The summed E-state index contributed by atoms with van der Waals surface area (Å²) in [5, 5.41) is 8.97. The summed E-state index contributed by atoms with van der Waals surface area (Å²) < 4.78 is 0. The molecule has 0 atom stereocenters. The highest BCUT2D eigenvalue weighted by Gasteiger charge is 2.33. The lowest BCUT2D eigenvalue weighted by molar-refractivity contribution is -0.120. The third-order valence-electron chi connectivity index (χ3n) is 3.47. The first-order valence-electron chi connectivity index (χ1n) is 7.40. The zero-order chi connectivity index (χ0) is 16.9. The number of thioether (sulfide) groups is 1. The summed E-state index contributed by atoms with van der Waals surface area (Å²) in [4.78, 5) is 25.9. The molecule has 1 fully saturated rings. The normalized spacial score (nSPS) is 16.5. The molecule has 1 saturated heterocycles. The number of carbonyl (C=O) groups excluding carboxylic acids is 2. The van der Waals surface area contributed by atoms with Crippen molar-refractivity contribution in [3.05, 3.63) is 82.9 Å². The number of carbonyl (C=O) groups is 2. The van der Waals surface area contributed by atoms with E-state index in [1.807, 2.05) is 30.3 Å². The smallest absolute Gasteiger partial charge is 0.297 e. The Bertz CT molecular complexity index is 810. The van der Waals surface area contributed by atoms with E-state index in [9.17, 15) is 14.7 Å². The van der Waals surface area contributed by atoms with Crippen LogP contribution in [0, 0.1) is 0 Å². The van der Waals surface area contributed by atoms with Crippen LogP contribution < -0.4 is 0 Å². The van der Waals surface area contributed by atoms with Crippen LogP contribution in [0.4, 0.5) is 4.79 Å². The summed E-state index contributed by atoms with van der Waals surface area (Å²) in [6.45, 7) is 0. The number of aromatic hydroxyl groups is 1. The Morgan fingerprint density at radius 3 is 2.42 bits per heavy atom. The highest BCUT2D eigenvalue weighted by atomic mass is 32.2. The molecule has 2 amide bonds. The molecule has 0 saturated carbocycles. The lowest BCUT2D eigenvalue weighted by atomic mass is 10.1. The molecule has 2 aromatic carbocycles. The van der Waals surface area contributed by atoms with Crippen LogP contribution in [0.5, 0.6) is 5.75 Å². The molecule has 2 aromatic rings. The van der Waals surface area contributed by atoms with Gasteiger partial charge < -0.3 is 5.11 Å². The fourth-order valence-corrected chi connectivity index (χ4v) is 3.05. The number of nitrogens with zero attached hydrogens (tertiary/aromatic N) is 1. The molecule has 5 heteroatoms. The number of imide groups is 1. The standard InChI is InChI=1S/C19H15NO3S/c21-16-10-8-15(9-11-16)13-17-18(22)20(19(23)24-17)12-4-7-14-5-2-1-3-6-14/h1-6,8-13,21H,7H2. The molecule has 0 spiro atoms. The summed E-state index contributed by atoms with van der Waals surface area (Å²) in [6.07, 6.45) is 5.63. The van der Waals surface area contributed by atoms with Gasteiger partial charge in [0.2, 0.25) is 0 Å². The number of benzene rings is 2. The lowest BCUT2D eigenvalue weighted by Crippen LogP contribution is -2.21. The van der Waals surface area contributed by atoms with E-state index in [1.54, 1.807) is 24.3 Å². The van der Waals surface area contributed by atoms with Gasteiger partial charge in [-0.15, -0.1) is 0 Å². The quantitative estimate of drug-likeness (QED) is 0.850. The monoisotopic (exact) mass is 337 g/mol. The summed E-state index contributed by atoms with van der Waals surface area (Å²) in [6, 6.07) is 16.3. The molecule has 0 unspecified atom stereocenters. The largest absolute Gasteiger partial charge is 0.508 e. The van der Waals surface area contributed by atoms with Crippen molar-refractivity contribution in [2.24, 2.45) is 0 Å². The summed E-state index contributed by atoms with van der Waals surface area (Å²) in [7, 11) is 0. The summed E-state index contributed by atoms with van der Waals surface area (Å²) in [5.74, 6) is -0.175. The Labute approximate surface area is 144 Å². The van der Waals surface area contributed by atoms with E-state index in [0.29, 0.717) is 11.3 Å². The maximum absolute atomic E-state index is 12.3. The number of hydrogen-bond acceptors (Lipinski definition) is 4. The van der Waals surface area contributed by atoms with E-state index in [2.05, 4.69) is 0 Å². The number of rotatable bonds is 4. The number of allylic oxidation sites excluding steroid dienone is 1. The van der Waals surface area contributed by atoms with Crippen molar-refractivity contribution in [1.82, 2.24) is 4.90 Å². The van der Waals surface area contributed by atoms with Gasteiger partial charge in [0.25, 0.3) is 11.1 Å². The van der Waals surface area contributed by atoms with Gasteiger partial charge in [0.1, 0.15) is 5.75 Å². The third-order valence-corrected chi connectivity index (χ3v) is 4.35. The van der Waals surface area contributed by atoms with Gasteiger partial charge in [0.15, 0.2) is 0 Å². The molecule has 1 N–H and O–H groups in total. The lowest BCUT2D eigenvalue weighted by Gasteiger charge is -2.05. The fraction of sp³-hybridized carbons (Fsp3) is 0.0526. The number of hydrogen-bond donors (Lipinski definition) is 1. The van der Waals surface area contributed by atoms with Gasteiger partial charge in [-0.2, -0.15) is 0 Å². The highest BCUT2D eigenvalue weighted by Crippen LogP contribution is 2.32. The minimum absolute atomic E-state index is 0.157. The average Bonchev–Trinajstić information content (AvgIpc) is 2.85. The van der Waals surface area contributed by atoms with Gasteiger partial charge in [-0.1, -0.05) is 48.5 Å². The summed E-state index contributed by atoms with van der Waals surface area (Å²) in [5.41, 5.74) is 1.87. The average molecular weight is 337 g/mol. The zero-order valence-electron chi connectivity index (χ0n) is 12.8. The van der Waals surface area contributed by atoms with E-state index >= 15 is 0 Å². The van der Waals surface area contributed by atoms with Crippen molar-refractivity contribution in [2.75, 3.05) is 0 Å². The molecule has 0 radical (unpaired) electrons. The number of phenols is 1. The topological polar surface area (TPSA) is 57.6 Å². The predicted octanol–water partition coefficient (Wildman–Crippen LogP) is 4.18. The first-order chi connectivity index (χ1) is 11.6. The molecule has 24 heavy (non-hydrogen) atoms. The maximum Gasteiger partial charge on any atom is 0.297 e. The Balaban J connectivity index is 1.71. The van der Waals surface area contributed by atoms with Crippen molar-refractivity contribution in [3.8, 4) is 5.75 Å². The van der Waals surface area contributed by atoms with Gasteiger partial charge in [0, 0.05) is 6.20 Å². The molecular weight excluding hydrogens is 322 g/mol. The van der Waals surface area contributed by atoms with Gasteiger partial charge in [-0.25, -0.2) is 4.90 Å². The van der Waals surface area contributed by atoms with Crippen LogP contribution in [-0.4, -0.2) is 21.2 Å². The predicted molar refractivity (Wildman–Crippen MR) is 95.2 cm³/mol. The Kier molecular flexibility index (Phi) is 4.82. The van der Waals surface area contributed by atoms with Crippen LogP contribution in [-0.2, 0) is 11.2 Å². The molecule has 3 rings (SSSR count). The third kappa shape index (κ3) is 3.75. The molecule has 0 bridgehead atoms. The van der Waals surface area contributed by atoms with Crippen LogP contribution >= 0.6 is 11.8 Å². The van der Waals surface area contributed by atoms with E-state index in [4.69, 9.17) is 0 Å². The number of amides is 2. The first kappa shape index (κ1) is 16.1. The molecule has 1 aliphatic heterocycles. The SMILES string of the molecule is O=C1SC(=Cc2ccc(O)cc2)C(=O)N1C=CCc1ccccc1. The van der Waals surface area contributed by atoms with Crippen molar-refractivity contribution in [1.29, 1.82) is 0 Å². The molecule has 4 nitrogen and oxygen atoms in total. The Hall–Kier alpha value is -2.79. The highest BCUT2D eigenvalue weighted by molar-refractivity contribution is 8.18. The minimum Gasteiger partial charge on any atom is -0.508 e. The number of phenolic OH excluding ortho intramolecular Hbond substituents is 1. The Morgan fingerprint density at radius 2 is 1.71 bits per heavy atom. The molecule has 1 heterocycles. The zero-order valence-corrected chi connectivity index (χ0v) is 13.6. The van der Waals surface area contributed by atoms with E-state index in [1.165, 1.54) is 18.3 Å².